The van der Waals surface area contributed by atoms with Gasteiger partial charge in [0.25, 0.3) is 0 Å². The van der Waals surface area contributed by atoms with Crippen molar-refractivity contribution in [1.29, 1.82) is 0 Å². The number of nitrogens with zero attached hydrogens (tertiary/aromatic N) is 1. The second-order valence-corrected chi connectivity index (χ2v) is 7.30. The van der Waals surface area contributed by atoms with Crippen molar-refractivity contribution in [3.63, 3.8) is 0 Å². The van der Waals surface area contributed by atoms with Crippen LogP contribution in [0.3, 0.4) is 0 Å². The van der Waals surface area contributed by atoms with Crippen LogP contribution in [0.25, 0.3) is 0 Å². The van der Waals surface area contributed by atoms with Crippen molar-refractivity contribution < 1.29 is 9.90 Å². The molecule has 1 amide bonds. The standard InChI is InChI=1S/C15H30N2O2S/c1-12(2)13(17-8-6-5-7-9-17)14(18)16-10-15(3,19)11-20-4/h12-13,19H,5-11H2,1-4H3,(H,16,18)/t13-,15-/m0/s1. The molecule has 118 valence electrons. The molecule has 0 radical (unpaired) electrons. The molecule has 0 unspecified atom stereocenters. The molecule has 1 aliphatic heterocycles. The molecule has 4 nitrogen and oxygen atoms in total. The van der Waals surface area contributed by atoms with Crippen LogP contribution in [-0.2, 0) is 4.79 Å². The highest BCUT2D eigenvalue weighted by molar-refractivity contribution is 7.98. The number of carbonyl (C=O) groups excluding carboxylic acids is 1. The lowest BCUT2D eigenvalue weighted by Crippen LogP contribution is -2.54. The van der Waals surface area contributed by atoms with Crippen LogP contribution in [0.1, 0.15) is 40.0 Å². The van der Waals surface area contributed by atoms with Crippen molar-refractivity contribution in [2.24, 2.45) is 5.92 Å². The first-order chi connectivity index (χ1) is 9.37. The van der Waals surface area contributed by atoms with Crippen LogP contribution >= 0.6 is 11.8 Å². The summed E-state index contributed by atoms with van der Waals surface area (Å²) in [6, 6.07) is -0.0691. The van der Waals surface area contributed by atoms with E-state index in [1.54, 1.807) is 18.7 Å². The van der Waals surface area contributed by atoms with E-state index >= 15 is 0 Å². The molecule has 0 aromatic heterocycles. The Balaban J connectivity index is 2.56. The Labute approximate surface area is 127 Å². The van der Waals surface area contributed by atoms with E-state index in [0.29, 0.717) is 18.2 Å². The van der Waals surface area contributed by atoms with E-state index in [0.717, 1.165) is 13.1 Å². The third-order valence-corrected chi connectivity index (χ3v) is 4.69. The van der Waals surface area contributed by atoms with Crippen LogP contribution in [0.4, 0.5) is 0 Å². The SMILES string of the molecule is CSC[C@@](C)(O)CNC(=O)[C@H](C(C)C)N1CCCCC1. The van der Waals surface area contributed by atoms with Crippen LogP contribution in [0.15, 0.2) is 0 Å². The number of hydrogen-bond donors (Lipinski definition) is 2. The molecule has 1 aliphatic rings. The van der Waals surface area contributed by atoms with Gasteiger partial charge in [-0.15, -0.1) is 0 Å². The minimum Gasteiger partial charge on any atom is -0.387 e. The second-order valence-electron chi connectivity index (χ2n) is 6.43. The van der Waals surface area contributed by atoms with E-state index < -0.39 is 5.60 Å². The lowest BCUT2D eigenvalue weighted by atomic mass is 9.98. The van der Waals surface area contributed by atoms with Crippen molar-refractivity contribution >= 4 is 17.7 Å². The molecule has 2 atom stereocenters. The van der Waals surface area contributed by atoms with Crippen LogP contribution in [-0.4, -0.2) is 59.2 Å². The maximum Gasteiger partial charge on any atom is 0.237 e. The van der Waals surface area contributed by atoms with E-state index in [-0.39, 0.29) is 11.9 Å². The Hall–Kier alpha value is -0.260. The topological polar surface area (TPSA) is 52.6 Å². The fraction of sp³-hybridized carbons (Fsp3) is 0.933. The number of nitrogens with one attached hydrogen (secondary N) is 1. The van der Waals surface area contributed by atoms with Crippen molar-refractivity contribution in [2.75, 3.05) is 31.6 Å². The number of carbonyl (C=O) groups is 1. The van der Waals surface area contributed by atoms with Crippen molar-refractivity contribution in [1.82, 2.24) is 10.2 Å². The Morgan fingerprint density at radius 1 is 1.35 bits per heavy atom. The zero-order chi connectivity index (χ0) is 15.2. The van der Waals surface area contributed by atoms with Gasteiger partial charge in [0.1, 0.15) is 0 Å². The molecule has 0 saturated carbocycles. The van der Waals surface area contributed by atoms with Gasteiger partial charge in [-0.2, -0.15) is 11.8 Å². The number of aliphatic hydroxyl groups is 1. The van der Waals surface area contributed by atoms with Crippen LogP contribution < -0.4 is 5.32 Å². The summed E-state index contributed by atoms with van der Waals surface area (Å²) in [5.41, 5.74) is -0.835. The third-order valence-electron chi connectivity index (χ3n) is 3.78. The number of hydrogen-bond acceptors (Lipinski definition) is 4. The molecule has 0 bridgehead atoms. The Morgan fingerprint density at radius 3 is 2.45 bits per heavy atom. The molecule has 0 aromatic carbocycles. The smallest absolute Gasteiger partial charge is 0.237 e. The van der Waals surface area contributed by atoms with Gasteiger partial charge in [0.15, 0.2) is 0 Å². The van der Waals surface area contributed by atoms with Crippen LogP contribution in [0.2, 0.25) is 0 Å². The summed E-state index contributed by atoms with van der Waals surface area (Å²) in [5.74, 6) is 0.977. The minimum absolute atomic E-state index is 0.0586. The molecule has 2 N–H and O–H groups in total. The number of thioether (sulfide) groups is 1. The van der Waals surface area contributed by atoms with Gasteiger partial charge in [0, 0.05) is 12.3 Å². The monoisotopic (exact) mass is 302 g/mol. The van der Waals surface area contributed by atoms with Gasteiger partial charge in [0.2, 0.25) is 5.91 Å². The summed E-state index contributed by atoms with van der Waals surface area (Å²) in [4.78, 5) is 14.8. The van der Waals surface area contributed by atoms with E-state index in [9.17, 15) is 9.90 Å². The molecule has 0 aromatic rings. The van der Waals surface area contributed by atoms with Gasteiger partial charge in [-0.3, -0.25) is 9.69 Å². The zero-order valence-electron chi connectivity index (χ0n) is 13.3. The first-order valence-corrected chi connectivity index (χ1v) is 9.00. The van der Waals surface area contributed by atoms with Crippen molar-refractivity contribution in [3.8, 4) is 0 Å². The highest BCUT2D eigenvalue weighted by Gasteiger charge is 2.31. The van der Waals surface area contributed by atoms with Crippen molar-refractivity contribution in [3.05, 3.63) is 0 Å². The molecule has 1 rings (SSSR count). The third kappa shape index (κ3) is 5.62. The summed E-state index contributed by atoms with van der Waals surface area (Å²) >= 11 is 1.59. The first-order valence-electron chi connectivity index (χ1n) is 7.60. The molecule has 1 saturated heterocycles. The summed E-state index contributed by atoms with van der Waals surface area (Å²) in [5, 5.41) is 13.1. The largest absolute Gasteiger partial charge is 0.387 e. The number of amides is 1. The Kier molecular flexibility index (Phi) is 7.34. The summed E-state index contributed by atoms with van der Waals surface area (Å²) in [7, 11) is 0. The molecule has 1 fully saturated rings. The van der Waals surface area contributed by atoms with E-state index in [2.05, 4.69) is 24.1 Å². The fourth-order valence-corrected chi connectivity index (χ4v) is 3.55. The summed E-state index contributed by atoms with van der Waals surface area (Å²) in [6.45, 7) is 8.31. The van der Waals surface area contributed by atoms with Crippen LogP contribution in [0.5, 0.6) is 0 Å². The van der Waals surface area contributed by atoms with Gasteiger partial charge >= 0.3 is 0 Å². The zero-order valence-corrected chi connectivity index (χ0v) is 14.1. The number of rotatable bonds is 7. The van der Waals surface area contributed by atoms with Gasteiger partial charge in [-0.25, -0.2) is 0 Å². The quantitative estimate of drug-likeness (QED) is 0.752. The average Bonchev–Trinajstić information content (AvgIpc) is 2.37. The average molecular weight is 302 g/mol. The lowest BCUT2D eigenvalue weighted by molar-refractivity contribution is -0.129. The highest BCUT2D eigenvalue weighted by Crippen LogP contribution is 2.18. The van der Waals surface area contributed by atoms with Gasteiger partial charge in [-0.05, 0) is 45.0 Å². The Bertz CT molecular complexity index is 302. The number of piperidine rings is 1. The van der Waals surface area contributed by atoms with E-state index in [4.69, 9.17) is 0 Å². The molecular weight excluding hydrogens is 272 g/mol. The van der Waals surface area contributed by atoms with Crippen LogP contribution in [0, 0.1) is 5.92 Å². The fourth-order valence-electron chi connectivity index (χ4n) is 2.83. The molecule has 5 heteroatoms. The first kappa shape index (κ1) is 17.8. The molecule has 0 aliphatic carbocycles. The predicted molar refractivity (Wildman–Crippen MR) is 86.1 cm³/mol. The lowest BCUT2D eigenvalue weighted by Gasteiger charge is -2.36. The van der Waals surface area contributed by atoms with E-state index in [1.165, 1.54) is 19.3 Å². The van der Waals surface area contributed by atoms with Gasteiger partial charge in [-0.1, -0.05) is 20.3 Å². The maximum absolute atomic E-state index is 12.5. The molecule has 0 spiro atoms. The van der Waals surface area contributed by atoms with Gasteiger partial charge in [0.05, 0.1) is 11.6 Å². The second kappa shape index (κ2) is 8.25. The summed E-state index contributed by atoms with van der Waals surface area (Å²) < 4.78 is 0. The number of likely N-dealkylation sites (tertiary alicyclic amines) is 1. The van der Waals surface area contributed by atoms with Gasteiger partial charge < -0.3 is 10.4 Å². The highest BCUT2D eigenvalue weighted by atomic mass is 32.2. The minimum atomic E-state index is -0.835. The normalized spacial score (nSPS) is 21.5. The molecule has 1 heterocycles. The van der Waals surface area contributed by atoms with E-state index in [1.807, 2.05) is 6.26 Å². The summed E-state index contributed by atoms with van der Waals surface area (Å²) in [6.07, 6.45) is 5.59. The van der Waals surface area contributed by atoms with Crippen molar-refractivity contribution in [2.45, 2.75) is 51.7 Å². The molecule has 20 heavy (non-hydrogen) atoms. The predicted octanol–water partition coefficient (Wildman–Crippen LogP) is 1.73. The Morgan fingerprint density at radius 2 is 1.95 bits per heavy atom. The molecular formula is C15H30N2O2S. The maximum atomic E-state index is 12.5.